The van der Waals surface area contributed by atoms with Gasteiger partial charge in [-0.1, -0.05) is 0 Å². The van der Waals surface area contributed by atoms with Crippen LogP contribution in [0.25, 0.3) is 0 Å². The van der Waals surface area contributed by atoms with Crippen LogP contribution in [0, 0.1) is 0 Å². The Morgan fingerprint density at radius 2 is 2.37 bits per heavy atom. The van der Waals surface area contributed by atoms with Gasteiger partial charge in [0.15, 0.2) is 0 Å². The smallest absolute Gasteiger partial charge is 0.327 e. The number of hydrogen-bond acceptors (Lipinski definition) is 6. The van der Waals surface area contributed by atoms with E-state index in [9.17, 15) is 9.59 Å². The minimum atomic E-state index is -0.970. The first-order chi connectivity index (χ1) is 9.04. The second-order valence-corrected chi connectivity index (χ2v) is 6.46. The molecule has 3 N–H and O–H groups in total. The van der Waals surface area contributed by atoms with Crippen LogP contribution in [0.15, 0.2) is 5.38 Å². The molecule has 6 nitrogen and oxygen atoms in total. The summed E-state index contributed by atoms with van der Waals surface area (Å²) in [6.07, 6.45) is 0.630. The van der Waals surface area contributed by atoms with Gasteiger partial charge >= 0.3 is 5.97 Å². The Kier molecular flexibility index (Phi) is 4.43. The fraction of sp³-hybridized carbons (Fsp3) is 0.545. The monoisotopic (exact) mass is 301 g/mol. The maximum absolute atomic E-state index is 12.4. The highest BCUT2D eigenvalue weighted by Gasteiger charge is 2.40. The Bertz CT molecular complexity index is 491. The molecule has 2 unspecified atom stereocenters. The van der Waals surface area contributed by atoms with Crippen LogP contribution in [-0.2, 0) is 11.2 Å². The molecule has 8 heteroatoms. The number of nitrogens with zero attached hydrogens (tertiary/aromatic N) is 2. The average molecular weight is 301 g/mol. The zero-order valence-corrected chi connectivity index (χ0v) is 12.0. The van der Waals surface area contributed by atoms with Gasteiger partial charge in [-0.15, -0.1) is 23.1 Å². The van der Waals surface area contributed by atoms with Crippen molar-refractivity contribution >= 4 is 35.0 Å². The van der Waals surface area contributed by atoms with Crippen molar-refractivity contribution in [2.45, 2.75) is 24.8 Å². The fourth-order valence-electron chi connectivity index (χ4n) is 1.92. The summed E-state index contributed by atoms with van der Waals surface area (Å²) in [4.78, 5) is 29.1. The van der Waals surface area contributed by atoms with Crippen molar-refractivity contribution in [3.8, 4) is 0 Å². The van der Waals surface area contributed by atoms with Crippen LogP contribution in [0.2, 0.25) is 0 Å². The van der Waals surface area contributed by atoms with Gasteiger partial charge in [0.05, 0.1) is 10.4 Å². The lowest BCUT2D eigenvalue weighted by Gasteiger charge is -2.23. The molecule has 19 heavy (non-hydrogen) atoms. The first kappa shape index (κ1) is 14.3. The Morgan fingerprint density at radius 3 is 3.00 bits per heavy atom. The van der Waals surface area contributed by atoms with Gasteiger partial charge in [-0.2, -0.15) is 0 Å². The number of hydrogen-bond donors (Lipinski definition) is 2. The lowest BCUT2D eigenvalue weighted by Crippen LogP contribution is -2.44. The highest BCUT2D eigenvalue weighted by atomic mass is 32.2. The zero-order chi connectivity index (χ0) is 14.0. The molecule has 0 saturated carbocycles. The van der Waals surface area contributed by atoms with E-state index >= 15 is 0 Å². The molecule has 0 aromatic carbocycles. The molecule has 0 aliphatic carbocycles. The van der Waals surface area contributed by atoms with Crippen molar-refractivity contribution in [3.05, 3.63) is 16.1 Å². The van der Waals surface area contributed by atoms with E-state index in [1.807, 2.05) is 6.92 Å². The molecule has 2 atom stereocenters. The number of aliphatic carboxylic acids is 1. The molecule has 1 aromatic heterocycles. The van der Waals surface area contributed by atoms with Gasteiger partial charge < -0.3 is 15.7 Å². The van der Waals surface area contributed by atoms with Crippen molar-refractivity contribution in [2.75, 3.05) is 12.3 Å². The van der Waals surface area contributed by atoms with E-state index in [0.717, 1.165) is 5.01 Å². The van der Waals surface area contributed by atoms with Crippen LogP contribution < -0.4 is 5.73 Å². The molecule has 0 radical (unpaired) electrons. The third-order valence-electron chi connectivity index (χ3n) is 2.87. The van der Waals surface area contributed by atoms with Gasteiger partial charge in [0, 0.05) is 17.6 Å². The van der Waals surface area contributed by atoms with E-state index < -0.39 is 12.0 Å². The third-order valence-corrected chi connectivity index (χ3v) is 5.00. The number of carbonyl (C=O) groups is 2. The Balaban J connectivity index is 2.19. The molecule has 0 bridgehead atoms. The number of amides is 1. The minimum Gasteiger partial charge on any atom is -0.480 e. The molecule has 1 aliphatic heterocycles. The quantitative estimate of drug-likeness (QED) is 0.847. The number of rotatable bonds is 4. The summed E-state index contributed by atoms with van der Waals surface area (Å²) in [7, 11) is 0. The van der Waals surface area contributed by atoms with Crippen molar-refractivity contribution < 1.29 is 14.7 Å². The third kappa shape index (κ3) is 2.90. The first-order valence-corrected chi connectivity index (χ1v) is 7.79. The van der Waals surface area contributed by atoms with Gasteiger partial charge in [-0.05, 0) is 13.5 Å². The van der Waals surface area contributed by atoms with Crippen LogP contribution in [0.5, 0.6) is 0 Å². The number of aromatic nitrogens is 1. The summed E-state index contributed by atoms with van der Waals surface area (Å²) < 4.78 is 0. The highest BCUT2D eigenvalue weighted by Crippen LogP contribution is 2.30. The second kappa shape index (κ2) is 5.89. The summed E-state index contributed by atoms with van der Waals surface area (Å²) in [5.74, 6) is -0.866. The molecule has 1 saturated heterocycles. The number of nitrogens with two attached hydrogens (primary N) is 1. The van der Waals surface area contributed by atoms with Crippen LogP contribution in [-0.4, -0.2) is 50.6 Å². The van der Waals surface area contributed by atoms with Gasteiger partial charge in [-0.3, -0.25) is 4.79 Å². The maximum Gasteiger partial charge on any atom is 0.327 e. The molecule has 2 heterocycles. The molecule has 1 fully saturated rings. The van der Waals surface area contributed by atoms with Gasteiger partial charge in [0.2, 0.25) is 0 Å². The highest BCUT2D eigenvalue weighted by molar-refractivity contribution is 8.00. The van der Waals surface area contributed by atoms with Gasteiger partial charge in [0.25, 0.3) is 5.91 Å². The Morgan fingerprint density at radius 1 is 1.63 bits per heavy atom. The largest absolute Gasteiger partial charge is 0.480 e. The van der Waals surface area contributed by atoms with E-state index in [-0.39, 0.29) is 11.3 Å². The number of thiazole rings is 1. The lowest BCUT2D eigenvalue weighted by molar-refractivity contribution is -0.141. The summed E-state index contributed by atoms with van der Waals surface area (Å²) in [5, 5.41) is 11.5. The van der Waals surface area contributed by atoms with Gasteiger partial charge in [-0.25, -0.2) is 9.78 Å². The standard InChI is InChI=1S/C11H15N3O3S2/c1-6-14(8(5-18-6)11(16)17)10(15)7-4-19-9(13-7)2-3-12/h4,6,8H,2-3,5,12H2,1H3,(H,16,17). The van der Waals surface area contributed by atoms with E-state index in [1.54, 1.807) is 5.38 Å². The normalized spacial score (nSPS) is 22.7. The summed E-state index contributed by atoms with van der Waals surface area (Å²) in [6, 6.07) is -0.771. The van der Waals surface area contributed by atoms with Crippen LogP contribution in [0.1, 0.15) is 22.4 Å². The summed E-state index contributed by atoms with van der Waals surface area (Å²) >= 11 is 2.84. The number of carboxylic acid groups (broad SMARTS) is 1. The Hall–Kier alpha value is -1.12. The second-order valence-electron chi connectivity index (χ2n) is 4.16. The molecule has 104 valence electrons. The van der Waals surface area contributed by atoms with Crippen molar-refractivity contribution in [1.82, 2.24) is 9.88 Å². The number of carboxylic acids is 1. The molecule has 0 spiro atoms. The lowest BCUT2D eigenvalue weighted by atomic mass is 10.2. The minimum absolute atomic E-state index is 0.145. The average Bonchev–Trinajstić information content (AvgIpc) is 2.95. The van der Waals surface area contributed by atoms with Crippen molar-refractivity contribution in [2.24, 2.45) is 5.73 Å². The van der Waals surface area contributed by atoms with E-state index in [0.29, 0.717) is 24.4 Å². The topological polar surface area (TPSA) is 96.5 Å². The predicted molar refractivity (Wildman–Crippen MR) is 74.4 cm³/mol. The molecule has 1 aliphatic rings. The van der Waals surface area contributed by atoms with E-state index in [1.165, 1.54) is 28.0 Å². The number of thioether (sulfide) groups is 1. The zero-order valence-electron chi connectivity index (χ0n) is 10.4. The van der Waals surface area contributed by atoms with E-state index in [2.05, 4.69) is 4.98 Å². The molecular formula is C11H15N3O3S2. The summed E-state index contributed by atoms with van der Waals surface area (Å²) in [5.41, 5.74) is 5.76. The van der Waals surface area contributed by atoms with Crippen LogP contribution >= 0.6 is 23.1 Å². The Labute approximate surface area is 119 Å². The van der Waals surface area contributed by atoms with Crippen LogP contribution in [0.3, 0.4) is 0 Å². The maximum atomic E-state index is 12.4. The predicted octanol–water partition coefficient (Wildman–Crippen LogP) is 0.632. The molecular weight excluding hydrogens is 286 g/mol. The van der Waals surface area contributed by atoms with Crippen LogP contribution in [0.4, 0.5) is 0 Å². The number of carbonyl (C=O) groups excluding carboxylic acids is 1. The summed E-state index contributed by atoms with van der Waals surface area (Å²) in [6.45, 7) is 2.31. The SMILES string of the molecule is CC1SCC(C(=O)O)N1C(=O)c1csc(CCN)n1. The molecule has 2 rings (SSSR count). The molecule has 1 amide bonds. The van der Waals surface area contributed by atoms with Crippen molar-refractivity contribution in [1.29, 1.82) is 0 Å². The van der Waals surface area contributed by atoms with Gasteiger partial charge in [0.1, 0.15) is 11.7 Å². The molecule has 1 aromatic rings. The first-order valence-electron chi connectivity index (χ1n) is 5.86. The van der Waals surface area contributed by atoms with Crippen molar-refractivity contribution in [3.63, 3.8) is 0 Å². The fourth-order valence-corrected chi connectivity index (χ4v) is 3.88. The van der Waals surface area contributed by atoms with E-state index in [4.69, 9.17) is 10.8 Å².